The summed E-state index contributed by atoms with van der Waals surface area (Å²) in [7, 11) is 0. The number of hydrogen-bond donors (Lipinski definition) is 1. The van der Waals surface area contributed by atoms with Gasteiger partial charge in [0.25, 0.3) is 0 Å². The first kappa shape index (κ1) is 14.7. The van der Waals surface area contributed by atoms with Gasteiger partial charge in [-0.2, -0.15) is 0 Å². The van der Waals surface area contributed by atoms with E-state index in [1.165, 1.54) is 12.1 Å². The Morgan fingerprint density at radius 2 is 2.00 bits per heavy atom. The van der Waals surface area contributed by atoms with Crippen LogP contribution in [0.4, 0.5) is 10.2 Å². The molecule has 2 aromatic rings. The molecule has 0 saturated carbocycles. The summed E-state index contributed by atoms with van der Waals surface area (Å²) in [4.78, 5) is 9.04. The smallest absolute Gasteiger partial charge is 0.163 e. The van der Waals surface area contributed by atoms with E-state index in [2.05, 4.69) is 15.3 Å². The third-order valence-corrected chi connectivity index (χ3v) is 3.41. The fourth-order valence-corrected chi connectivity index (χ4v) is 2.29. The third-order valence-electron chi connectivity index (χ3n) is 3.10. The minimum absolute atomic E-state index is 0.318. The highest BCUT2D eigenvalue weighted by molar-refractivity contribution is 6.33. The standard InChI is InChI=1S/C15H17ClFN3/c1-4-13-9(3)14(18-5-2)20-15(19-13)11-7-6-10(17)8-12(11)16/h6-8H,4-5H2,1-3H3,(H,18,19,20). The van der Waals surface area contributed by atoms with Crippen LogP contribution in [0.3, 0.4) is 0 Å². The molecule has 106 valence electrons. The second-order valence-corrected chi connectivity index (χ2v) is 4.88. The number of anilines is 1. The van der Waals surface area contributed by atoms with Gasteiger partial charge in [-0.3, -0.25) is 0 Å². The van der Waals surface area contributed by atoms with Gasteiger partial charge in [0.1, 0.15) is 11.6 Å². The Balaban J connectivity index is 2.58. The third kappa shape index (κ3) is 2.90. The van der Waals surface area contributed by atoms with Crippen molar-refractivity contribution in [1.82, 2.24) is 9.97 Å². The van der Waals surface area contributed by atoms with Crippen LogP contribution in [0.2, 0.25) is 5.02 Å². The fraction of sp³-hybridized carbons (Fsp3) is 0.333. The lowest BCUT2D eigenvalue weighted by Gasteiger charge is -2.13. The van der Waals surface area contributed by atoms with Crippen LogP contribution in [0.25, 0.3) is 11.4 Å². The van der Waals surface area contributed by atoms with E-state index in [4.69, 9.17) is 11.6 Å². The molecule has 0 aliphatic rings. The molecule has 0 unspecified atom stereocenters. The number of rotatable bonds is 4. The highest BCUT2D eigenvalue weighted by Gasteiger charge is 2.13. The molecule has 1 aromatic heterocycles. The molecule has 1 aromatic carbocycles. The highest BCUT2D eigenvalue weighted by atomic mass is 35.5. The quantitative estimate of drug-likeness (QED) is 0.916. The molecule has 0 amide bonds. The van der Waals surface area contributed by atoms with E-state index in [0.29, 0.717) is 16.4 Å². The van der Waals surface area contributed by atoms with Crippen molar-refractivity contribution >= 4 is 17.4 Å². The molecule has 20 heavy (non-hydrogen) atoms. The summed E-state index contributed by atoms with van der Waals surface area (Å²) in [6.45, 7) is 6.82. The Morgan fingerprint density at radius 3 is 2.60 bits per heavy atom. The van der Waals surface area contributed by atoms with Crippen molar-refractivity contribution in [3.63, 3.8) is 0 Å². The number of benzene rings is 1. The van der Waals surface area contributed by atoms with Crippen LogP contribution in [-0.4, -0.2) is 16.5 Å². The van der Waals surface area contributed by atoms with Crippen molar-refractivity contribution in [2.24, 2.45) is 0 Å². The van der Waals surface area contributed by atoms with Gasteiger partial charge in [-0.05, 0) is 38.5 Å². The Kier molecular flexibility index (Phi) is 4.55. The first-order chi connectivity index (χ1) is 9.56. The SMILES string of the molecule is CCNc1nc(-c2ccc(F)cc2Cl)nc(CC)c1C. The van der Waals surface area contributed by atoms with E-state index >= 15 is 0 Å². The maximum Gasteiger partial charge on any atom is 0.163 e. The van der Waals surface area contributed by atoms with Crippen molar-refractivity contribution in [2.45, 2.75) is 27.2 Å². The van der Waals surface area contributed by atoms with E-state index in [0.717, 1.165) is 30.0 Å². The highest BCUT2D eigenvalue weighted by Crippen LogP contribution is 2.28. The van der Waals surface area contributed by atoms with E-state index < -0.39 is 0 Å². The molecule has 0 aliphatic heterocycles. The summed E-state index contributed by atoms with van der Waals surface area (Å²) in [5.74, 6) is 0.955. The Morgan fingerprint density at radius 1 is 1.25 bits per heavy atom. The van der Waals surface area contributed by atoms with Crippen molar-refractivity contribution in [1.29, 1.82) is 0 Å². The summed E-state index contributed by atoms with van der Waals surface area (Å²) >= 11 is 6.09. The lowest BCUT2D eigenvalue weighted by atomic mass is 10.1. The van der Waals surface area contributed by atoms with Crippen LogP contribution in [0.5, 0.6) is 0 Å². The van der Waals surface area contributed by atoms with Crippen LogP contribution in [0.15, 0.2) is 18.2 Å². The van der Waals surface area contributed by atoms with Crippen LogP contribution < -0.4 is 5.32 Å². The van der Waals surface area contributed by atoms with Crippen molar-refractivity contribution in [3.05, 3.63) is 40.3 Å². The molecule has 0 saturated heterocycles. The van der Waals surface area contributed by atoms with E-state index in [9.17, 15) is 4.39 Å². The van der Waals surface area contributed by atoms with Crippen LogP contribution in [-0.2, 0) is 6.42 Å². The van der Waals surface area contributed by atoms with Gasteiger partial charge in [-0.15, -0.1) is 0 Å². The minimum Gasteiger partial charge on any atom is -0.370 e. The number of halogens is 2. The van der Waals surface area contributed by atoms with Crippen molar-refractivity contribution < 1.29 is 4.39 Å². The molecule has 0 bridgehead atoms. The Hall–Kier alpha value is -1.68. The van der Waals surface area contributed by atoms with Crippen LogP contribution in [0.1, 0.15) is 25.1 Å². The van der Waals surface area contributed by atoms with Gasteiger partial charge in [-0.1, -0.05) is 18.5 Å². The molecule has 0 fully saturated rings. The summed E-state index contributed by atoms with van der Waals surface area (Å²) in [5, 5.41) is 3.54. The van der Waals surface area contributed by atoms with Gasteiger partial charge in [0, 0.05) is 23.4 Å². The molecule has 0 atom stereocenters. The molecule has 2 rings (SSSR count). The van der Waals surface area contributed by atoms with Gasteiger partial charge < -0.3 is 5.32 Å². The summed E-state index contributed by atoms with van der Waals surface area (Å²) in [5.41, 5.74) is 2.64. The molecule has 1 N–H and O–H groups in total. The van der Waals surface area contributed by atoms with Gasteiger partial charge in [0.2, 0.25) is 0 Å². The number of hydrogen-bond acceptors (Lipinski definition) is 3. The van der Waals surface area contributed by atoms with Gasteiger partial charge in [0.05, 0.1) is 5.02 Å². The maximum absolute atomic E-state index is 13.1. The Labute approximate surface area is 123 Å². The number of aryl methyl sites for hydroxylation is 1. The molecule has 0 spiro atoms. The molecule has 0 aliphatic carbocycles. The van der Waals surface area contributed by atoms with Gasteiger partial charge in [-0.25, -0.2) is 14.4 Å². The van der Waals surface area contributed by atoms with E-state index in [1.807, 2.05) is 20.8 Å². The minimum atomic E-state index is -0.367. The summed E-state index contributed by atoms with van der Waals surface area (Å²) in [6.07, 6.45) is 0.804. The van der Waals surface area contributed by atoms with Gasteiger partial charge in [0.15, 0.2) is 5.82 Å². The Bertz CT molecular complexity index is 629. The monoisotopic (exact) mass is 293 g/mol. The summed E-state index contributed by atoms with van der Waals surface area (Å²) < 4.78 is 13.1. The predicted molar refractivity (Wildman–Crippen MR) is 80.7 cm³/mol. The predicted octanol–water partition coefficient (Wildman–Crippen LogP) is 4.24. The maximum atomic E-state index is 13.1. The van der Waals surface area contributed by atoms with Crippen molar-refractivity contribution in [2.75, 3.05) is 11.9 Å². The first-order valence-corrected chi connectivity index (χ1v) is 7.01. The number of aromatic nitrogens is 2. The average Bonchev–Trinajstić information content (AvgIpc) is 2.41. The normalized spacial score (nSPS) is 10.7. The van der Waals surface area contributed by atoms with Gasteiger partial charge >= 0.3 is 0 Å². The second-order valence-electron chi connectivity index (χ2n) is 4.48. The first-order valence-electron chi connectivity index (χ1n) is 6.63. The lowest BCUT2D eigenvalue weighted by Crippen LogP contribution is -2.07. The zero-order valence-electron chi connectivity index (χ0n) is 11.8. The molecular formula is C15H17ClFN3. The van der Waals surface area contributed by atoms with Crippen LogP contribution >= 0.6 is 11.6 Å². The lowest BCUT2D eigenvalue weighted by molar-refractivity contribution is 0.628. The number of nitrogens with one attached hydrogen (secondary N) is 1. The van der Waals surface area contributed by atoms with Crippen LogP contribution in [0, 0.1) is 12.7 Å². The zero-order valence-corrected chi connectivity index (χ0v) is 12.6. The second kappa shape index (κ2) is 6.18. The molecule has 3 nitrogen and oxygen atoms in total. The fourth-order valence-electron chi connectivity index (χ4n) is 2.04. The van der Waals surface area contributed by atoms with Crippen molar-refractivity contribution in [3.8, 4) is 11.4 Å². The number of nitrogens with zero attached hydrogens (tertiary/aromatic N) is 2. The largest absolute Gasteiger partial charge is 0.370 e. The van der Waals surface area contributed by atoms with E-state index in [-0.39, 0.29) is 5.82 Å². The topological polar surface area (TPSA) is 37.8 Å². The molecular weight excluding hydrogens is 277 g/mol. The zero-order chi connectivity index (χ0) is 14.7. The average molecular weight is 294 g/mol. The molecule has 1 heterocycles. The van der Waals surface area contributed by atoms with E-state index in [1.54, 1.807) is 6.07 Å². The molecule has 0 radical (unpaired) electrons. The molecule has 5 heteroatoms. The summed E-state index contributed by atoms with van der Waals surface area (Å²) in [6, 6.07) is 4.25.